The summed E-state index contributed by atoms with van der Waals surface area (Å²) in [4.78, 5) is 2.38. The highest BCUT2D eigenvalue weighted by Crippen LogP contribution is 2.51. The Kier molecular flexibility index (Phi) is 5.59. The largest absolute Gasteiger partial charge is 0.310 e. The van der Waals surface area contributed by atoms with Crippen molar-refractivity contribution < 1.29 is 0 Å². The Morgan fingerprint density at radius 2 is 0.791 bits per heavy atom. The van der Waals surface area contributed by atoms with Gasteiger partial charge in [-0.25, -0.2) is 0 Å². The molecule has 43 heavy (non-hydrogen) atoms. The molecule has 0 amide bonds. The molecule has 0 saturated heterocycles. The second-order valence-electron chi connectivity index (χ2n) is 13.0. The SMILES string of the molecule is CC1(C)c2ccccc2-c2ccc(-c3ccc(N(c4ccccc4)c4ccc5c(c4)C(C)(C)c4ccccc4-5)cc3)cc21. The van der Waals surface area contributed by atoms with Gasteiger partial charge >= 0.3 is 0 Å². The third-order valence-corrected chi connectivity index (χ3v) is 9.88. The molecule has 0 heterocycles. The van der Waals surface area contributed by atoms with Gasteiger partial charge in [0, 0.05) is 27.9 Å². The number of benzene rings is 6. The molecule has 0 N–H and O–H groups in total. The Morgan fingerprint density at radius 1 is 0.349 bits per heavy atom. The van der Waals surface area contributed by atoms with Gasteiger partial charge in [-0.05, 0) is 98.1 Å². The van der Waals surface area contributed by atoms with Crippen molar-refractivity contribution in [2.24, 2.45) is 0 Å². The van der Waals surface area contributed by atoms with Gasteiger partial charge in [-0.1, -0.05) is 125 Å². The minimum Gasteiger partial charge on any atom is -0.310 e. The second kappa shape index (κ2) is 9.31. The Morgan fingerprint density at radius 3 is 1.42 bits per heavy atom. The van der Waals surface area contributed by atoms with Crippen LogP contribution in [0.15, 0.2) is 140 Å². The maximum Gasteiger partial charge on any atom is 0.0465 e. The van der Waals surface area contributed by atoms with Crippen LogP contribution in [0.3, 0.4) is 0 Å². The zero-order chi connectivity index (χ0) is 29.3. The van der Waals surface area contributed by atoms with Gasteiger partial charge in [0.15, 0.2) is 0 Å². The van der Waals surface area contributed by atoms with Gasteiger partial charge in [0.05, 0.1) is 0 Å². The van der Waals surface area contributed by atoms with Gasteiger partial charge < -0.3 is 4.90 Å². The summed E-state index contributed by atoms with van der Waals surface area (Å²) in [6.45, 7) is 9.39. The summed E-state index contributed by atoms with van der Waals surface area (Å²) in [7, 11) is 0. The van der Waals surface area contributed by atoms with E-state index in [-0.39, 0.29) is 10.8 Å². The van der Waals surface area contributed by atoms with Gasteiger partial charge in [0.2, 0.25) is 0 Å². The van der Waals surface area contributed by atoms with Crippen LogP contribution in [0.25, 0.3) is 33.4 Å². The normalized spacial score (nSPS) is 14.9. The molecule has 0 fully saturated rings. The standard InChI is InChI=1S/C42H35N/c1-41(2)37-16-10-8-14-33(37)35-24-20-29(26-39(35)41)28-18-21-31(22-19-28)43(30-12-6-5-7-13-30)32-23-25-36-34-15-9-11-17-38(34)42(3,4)40(36)27-32/h5-27H,1-4H3. The van der Waals surface area contributed by atoms with E-state index in [0.29, 0.717) is 0 Å². The van der Waals surface area contributed by atoms with E-state index < -0.39 is 0 Å². The zero-order valence-electron chi connectivity index (χ0n) is 25.2. The van der Waals surface area contributed by atoms with Crippen LogP contribution in [0, 0.1) is 0 Å². The van der Waals surface area contributed by atoms with Crippen molar-refractivity contribution >= 4 is 17.1 Å². The number of hydrogen-bond donors (Lipinski definition) is 0. The molecule has 0 unspecified atom stereocenters. The molecule has 8 rings (SSSR count). The fourth-order valence-corrected chi connectivity index (χ4v) is 7.54. The predicted molar refractivity (Wildman–Crippen MR) is 182 cm³/mol. The van der Waals surface area contributed by atoms with Crippen LogP contribution in [0.1, 0.15) is 49.9 Å². The third-order valence-electron chi connectivity index (χ3n) is 9.88. The van der Waals surface area contributed by atoms with Crippen molar-refractivity contribution in [1.82, 2.24) is 0 Å². The topological polar surface area (TPSA) is 3.24 Å². The molecule has 1 nitrogen and oxygen atoms in total. The average molecular weight is 554 g/mol. The van der Waals surface area contributed by atoms with Crippen LogP contribution >= 0.6 is 0 Å². The highest BCUT2D eigenvalue weighted by Gasteiger charge is 2.36. The average Bonchev–Trinajstić information content (AvgIpc) is 3.41. The first-order valence-electron chi connectivity index (χ1n) is 15.3. The van der Waals surface area contributed by atoms with Gasteiger partial charge in [0.25, 0.3) is 0 Å². The van der Waals surface area contributed by atoms with Gasteiger partial charge in [-0.3, -0.25) is 0 Å². The molecular weight excluding hydrogens is 518 g/mol. The predicted octanol–water partition coefficient (Wildman–Crippen LogP) is 11.4. The minimum absolute atomic E-state index is 0.00695. The smallest absolute Gasteiger partial charge is 0.0465 e. The van der Waals surface area contributed by atoms with E-state index in [0.717, 1.165) is 11.4 Å². The number of anilines is 3. The van der Waals surface area contributed by atoms with Crippen molar-refractivity contribution in [1.29, 1.82) is 0 Å². The molecule has 2 aliphatic carbocycles. The Bertz CT molecular complexity index is 2010. The lowest BCUT2D eigenvalue weighted by Crippen LogP contribution is -2.16. The van der Waals surface area contributed by atoms with Crippen molar-refractivity contribution in [2.75, 3.05) is 4.90 Å². The van der Waals surface area contributed by atoms with Gasteiger partial charge in [-0.2, -0.15) is 0 Å². The summed E-state index contributed by atoms with van der Waals surface area (Å²) in [5.74, 6) is 0. The van der Waals surface area contributed by atoms with Crippen LogP contribution in [0.5, 0.6) is 0 Å². The second-order valence-corrected chi connectivity index (χ2v) is 13.0. The molecule has 0 aliphatic heterocycles. The number of rotatable bonds is 4. The van der Waals surface area contributed by atoms with Crippen LogP contribution in [-0.2, 0) is 10.8 Å². The molecule has 0 bridgehead atoms. The van der Waals surface area contributed by atoms with Gasteiger partial charge in [0.1, 0.15) is 0 Å². The summed E-state index contributed by atoms with van der Waals surface area (Å²) in [6, 6.07) is 51.5. The fourth-order valence-electron chi connectivity index (χ4n) is 7.54. The van der Waals surface area contributed by atoms with E-state index in [1.807, 2.05) is 0 Å². The van der Waals surface area contributed by atoms with Crippen molar-refractivity contribution in [2.45, 2.75) is 38.5 Å². The highest BCUT2D eigenvalue weighted by atomic mass is 15.1. The van der Waals surface area contributed by atoms with E-state index in [4.69, 9.17) is 0 Å². The van der Waals surface area contributed by atoms with Crippen molar-refractivity contribution in [3.05, 3.63) is 162 Å². The first kappa shape index (κ1) is 25.8. The van der Waals surface area contributed by atoms with Crippen LogP contribution in [0.2, 0.25) is 0 Å². The quantitative estimate of drug-likeness (QED) is 0.210. The lowest BCUT2D eigenvalue weighted by atomic mass is 9.81. The molecule has 2 aliphatic rings. The Balaban J connectivity index is 1.19. The molecular formula is C42H35N. The first-order valence-corrected chi connectivity index (χ1v) is 15.3. The lowest BCUT2D eigenvalue weighted by Gasteiger charge is -2.28. The number of fused-ring (bicyclic) bond motifs is 6. The molecule has 0 saturated carbocycles. The molecule has 0 radical (unpaired) electrons. The van der Waals surface area contributed by atoms with Crippen molar-refractivity contribution in [3.8, 4) is 33.4 Å². The van der Waals surface area contributed by atoms with Crippen LogP contribution < -0.4 is 4.90 Å². The number of hydrogen-bond acceptors (Lipinski definition) is 1. The lowest BCUT2D eigenvalue weighted by molar-refractivity contribution is 0.660. The summed E-state index contributed by atoms with van der Waals surface area (Å²) in [5.41, 5.74) is 16.9. The maximum atomic E-state index is 2.40. The monoisotopic (exact) mass is 553 g/mol. The third kappa shape index (κ3) is 3.85. The van der Waals surface area contributed by atoms with E-state index in [1.165, 1.54) is 61.3 Å². The number of nitrogens with zero attached hydrogens (tertiary/aromatic N) is 1. The summed E-state index contributed by atoms with van der Waals surface area (Å²) < 4.78 is 0. The number of para-hydroxylation sites is 1. The Hall–Kier alpha value is -4.88. The van der Waals surface area contributed by atoms with E-state index in [9.17, 15) is 0 Å². The maximum absolute atomic E-state index is 2.40. The van der Waals surface area contributed by atoms with Gasteiger partial charge in [-0.15, -0.1) is 0 Å². The molecule has 0 atom stereocenters. The highest BCUT2D eigenvalue weighted by molar-refractivity contribution is 5.87. The van der Waals surface area contributed by atoms with Crippen LogP contribution in [0.4, 0.5) is 17.1 Å². The van der Waals surface area contributed by atoms with Crippen molar-refractivity contribution in [3.63, 3.8) is 0 Å². The van der Waals surface area contributed by atoms with E-state index >= 15 is 0 Å². The molecule has 0 spiro atoms. The van der Waals surface area contributed by atoms with Crippen LogP contribution in [-0.4, -0.2) is 0 Å². The molecule has 0 aromatic heterocycles. The Labute approximate surface area is 255 Å². The first-order chi connectivity index (χ1) is 20.8. The van der Waals surface area contributed by atoms with E-state index in [2.05, 4.69) is 172 Å². The molecule has 6 aromatic carbocycles. The summed E-state index contributed by atoms with van der Waals surface area (Å²) in [6.07, 6.45) is 0. The zero-order valence-corrected chi connectivity index (χ0v) is 25.2. The summed E-state index contributed by atoms with van der Waals surface area (Å²) in [5, 5.41) is 0. The van der Waals surface area contributed by atoms with E-state index in [1.54, 1.807) is 0 Å². The summed E-state index contributed by atoms with van der Waals surface area (Å²) >= 11 is 0. The minimum atomic E-state index is -0.0465. The molecule has 208 valence electrons. The fraction of sp³-hybridized carbons (Fsp3) is 0.143. The molecule has 6 aromatic rings. The molecule has 1 heteroatoms.